The Kier molecular flexibility index (Phi) is 5.76. The van der Waals surface area contributed by atoms with Gasteiger partial charge in [-0.3, -0.25) is 0 Å². The van der Waals surface area contributed by atoms with Crippen LogP contribution in [0.15, 0.2) is 12.1 Å². The molecule has 0 radical (unpaired) electrons. The zero-order valence-corrected chi connectivity index (χ0v) is 16.9. The lowest BCUT2D eigenvalue weighted by molar-refractivity contribution is -0.104. The highest BCUT2D eigenvalue weighted by Gasteiger charge is 2.48. The van der Waals surface area contributed by atoms with Gasteiger partial charge in [0.25, 0.3) is 0 Å². The molecule has 1 aromatic rings. The van der Waals surface area contributed by atoms with Gasteiger partial charge in [0.15, 0.2) is 0 Å². The number of likely N-dealkylation sites (tertiary alicyclic amines) is 1. The Morgan fingerprint density at radius 3 is 2.23 bits per heavy atom. The van der Waals surface area contributed by atoms with E-state index < -0.39 is 17.3 Å². The minimum Gasteiger partial charge on any atom is -0.496 e. The summed E-state index contributed by atoms with van der Waals surface area (Å²) >= 11 is 0. The smallest absolute Gasteiger partial charge is 0.410 e. The fraction of sp³-hybridized carbons (Fsp3) is 0.650. The molecule has 26 heavy (non-hydrogen) atoms. The van der Waals surface area contributed by atoms with Crippen molar-refractivity contribution in [3.05, 3.63) is 23.3 Å². The monoisotopic (exact) mass is 365 g/mol. The molecule has 0 bridgehead atoms. The van der Waals surface area contributed by atoms with Gasteiger partial charge in [-0.2, -0.15) is 0 Å². The van der Waals surface area contributed by atoms with Crippen molar-refractivity contribution in [1.82, 2.24) is 4.90 Å². The summed E-state index contributed by atoms with van der Waals surface area (Å²) in [5.41, 5.74) is -0.0741. The molecule has 1 aromatic carbocycles. The Balaban J connectivity index is 2.24. The van der Waals surface area contributed by atoms with Gasteiger partial charge in [0.1, 0.15) is 22.7 Å². The number of benzene rings is 1. The third-order valence-corrected chi connectivity index (χ3v) is 4.29. The van der Waals surface area contributed by atoms with E-state index in [0.29, 0.717) is 17.2 Å². The number of β-amino-alcohol motifs (C(OH)–C–C–N with tert-alkyl or cyclic N) is 1. The molecule has 1 saturated heterocycles. The van der Waals surface area contributed by atoms with Crippen molar-refractivity contribution in [3.8, 4) is 11.5 Å². The van der Waals surface area contributed by atoms with E-state index in [1.165, 1.54) is 4.90 Å². The molecule has 1 aliphatic heterocycles. The van der Waals surface area contributed by atoms with Crippen LogP contribution in [-0.2, 0) is 16.8 Å². The Bertz CT molecular complexity index is 657. The van der Waals surface area contributed by atoms with Gasteiger partial charge in [0, 0.05) is 5.56 Å². The number of carbonyl (C=O) groups excluding carboxylic acids is 1. The lowest BCUT2D eigenvalue weighted by Crippen LogP contribution is -2.62. The van der Waals surface area contributed by atoms with E-state index >= 15 is 0 Å². The van der Waals surface area contributed by atoms with Crippen LogP contribution in [0.5, 0.6) is 11.5 Å². The Hall–Kier alpha value is -1.95. The summed E-state index contributed by atoms with van der Waals surface area (Å²) in [6.45, 7) is 10.0. The van der Waals surface area contributed by atoms with E-state index in [9.17, 15) is 9.90 Å². The standard InChI is InChI=1S/C20H31NO5/c1-13(2)8-14-9-17(25-7)15(10-16(14)24-6)20(23)11-21(12-20)18(22)26-19(3,4)5/h9-10,13,23H,8,11-12H2,1-7H3. The van der Waals surface area contributed by atoms with Crippen LogP contribution < -0.4 is 9.47 Å². The lowest BCUT2D eigenvalue weighted by Gasteiger charge is -2.47. The summed E-state index contributed by atoms with van der Waals surface area (Å²) in [6, 6.07) is 3.74. The first-order valence-electron chi connectivity index (χ1n) is 8.95. The van der Waals surface area contributed by atoms with Crippen LogP contribution in [0.1, 0.15) is 45.7 Å². The fourth-order valence-electron chi connectivity index (χ4n) is 3.14. The Morgan fingerprint density at radius 1 is 1.19 bits per heavy atom. The second-order valence-electron chi connectivity index (χ2n) is 8.33. The number of methoxy groups -OCH3 is 2. The predicted octanol–water partition coefficient (Wildman–Crippen LogP) is 3.34. The van der Waals surface area contributed by atoms with E-state index in [0.717, 1.165) is 17.7 Å². The molecule has 6 heteroatoms. The van der Waals surface area contributed by atoms with Crippen molar-refractivity contribution >= 4 is 6.09 Å². The van der Waals surface area contributed by atoms with E-state index in [-0.39, 0.29) is 13.1 Å². The van der Waals surface area contributed by atoms with Crippen molar-refractivity contribution in [1.29, 1.82) is 0 Å². The van der Waals surface area contributed by atoms with Crippen LogP contribution in [0, 0.1) is 5.92 Å². The number of hydrogen-bond acceptors (Lipinski definition) is 5. The van der Waals surface area contributed by atoms with Gasteiger partial charge in [-0.25, -0.2) is 4.79 Å². The van der Waals surface area contributed by atoms with Crippen LogP contribution in [0.2, 0.25) is 0 Å². The normalized spacial score (nSPS) is 16.3. The maximum atomic E-state index is 12.1. The molecule has 146 valence electrons. The lowest BCUT2D eigenvalue weighted by atomic mass is 9.84. The molecule has 6 nitrogen and oxygen atoms in total. The van der Waals surface area contributed by atoms with Gasteiger partial charge in [0.2, 0.25) is 0 Å². The van der Waals surface area contributed by atoms with E-state index in [1.54, 1.807) is 14.2 Å². The van der Waals surface area contributed by atoms with Crippen molar-refractivity contribution in [2.75, 3.05) is 27.3 Å². The second-order valence-corrected chi connectivity index (χ2v) is 8.33. The summed E-state index contributed by atoms with van der Waals surface area (Å²) in [5, 5.41) is 11.0. The first-order chi connectivity index (χ1) is 12.0. The van der Waals surface area contributed by atoms with Crippen molar-refractivity contribution in [3.63, 3.8) is 0 Å². The van der Waals surface area contributed by atoms with Crippen LogP contribution >= 0.6 is 0 Å². The molecule has 2 rings (SSSR count). The average Bonchev–Trinajstić information content (AvgIpc) is 2.49. The highest BCUT2D eigenvalue weighted by atomic mass is 16.6. The average molecular weight is 365 g/mol. The molecule has 1 fully saturated rings. The minimum absolute atomic E-state index is 0.158. The largest absolute Gasteiger partial charge is 0.496 e. The molecular formula is C20H31NO5. The Morgan fingerprint density at radius 2 is 1.77 bits per heavy atom. The molecule has 0 spiro atoms. The maximum absolute atomic E-state index is 12.1. The summed E-state index contributed by atoms with van der Waals surface area (Å²) in [4.78, 5) is 13.6. The third kappa shape index (κ3) is 4.41. The molecule has 0 unspecified atom stereocenters. The maximum Gasteiger partial charge on any atom is 0.410 e. The number of hydrogen-bond donors (Lipinski definition) is 1. The van der Waals surface area contributed by atoms with Gasteiger partial charge in [0.05, 0.1) is 27.3 Å². The van der Waals surface area contributed by atoms with Crippen LogP contribution in [0.3, 0.4) is 0 Å². The van der Waals surface area contributed by atoms with Crippen molar-refractivity contribution in [2.45, 2.75) is 52.2 Å². The van der Waals surface area contributed by atoms with E-state index in [1.807, 2.05) is 32.9 Å². The van der Waals surface area contributed by atoms with Gasteiger partial charge in [-0.05, 0) is 50.8 Å². The second kappa shape index (κ2) is 7.35. The molecule has 0 aromatic heterocycles. The predicted molar refractivity (Wildman–Crippen MR) is 99.8 cm³/mol. The summed E-state index contributed by atoms with van der Waals surface area (Å²) in [7, 11) is 3.20. The third-order valence-electron chi connectivity index (χ3n) is 4.29. The SMILES string of the molecule is COc1cc(C2(O)CN(C(=O)OC(C)(C)C)C2)c(OC)cc1CC(C)C. The van der Waals surface area contributed by atoms with Gasteiger partial charge in [-0.15, -0.1) is 0 Å². The fourth-order valence-corrected chi connectivity index (χ4v) is 3.14. The van der Waals surface area contributed by atoms with Crippen molar-refractivity contribution in [2.24, 2.45) is 5.92 Å². The van der Waals surface area contributed by atoms with E-state index in [2.05, 4.69) is 13.8 Å². The minimum atomic E-state index is -1.17. The quantitative estimate of drug-likeness (QED) is 0.867. The summed E-state index contributed by atoms with van der Waals surface area (Å²) in [6.07, 6.45) is 0.423. The molecule has 0 saturated carbocycles. The molecule has 0 aliphatic carbocycles. The number of rotatable bonds is 5. The number of carbonyl (C=O) groups is 1. The summed E-state index contributed by atoms with van der Waals surface area (Å²) in [5.74, 6) is 1.79. The van der Waals surface area contributed by atoms with Gasteiger partial charge < -0.3 is 24.2 Å². The molecule has 1 heterocycles. The molecule has 1 N–H and O–H groups in total. The number of aliphatic hydroxyl groups is 1. The van der Waals surface area contributed by atoms with E-state index in [4.69, 9.17) is 14.2 Å². The van der Waals surface area contributed by atoms with Crippen LogP contribution in [0.4, 0.5) is 4.79 Å². The first-order valence-corrected chi connectivity index (χ1v) is 8.95. The number of amides is 1. The number of nitrogens with zero attached hydrogens (tertiary/aromatic N) is 1. The number of ether oxygens (including phenoxy) is 3. The molecular weight excluding hydrogens is 334 g/mol. The zero-order chi connectivity index (χ0) is 19.7. The van der Waals surface area contributed by atoms with Crippen LogP contribution in [-0.4, -0.2) is 49.0 Å². The molecule has 0 atom stereocenters. The first kappa shape index (κ1) is 20.4. The molecule has 1 amide bonds. The zero-order valence-electron chi connectivity index (χ0n) is 16.9. The Labute approximate surface area is 156 Å². The highest BCUT2D eigenvalue weighted by Crippen LogP contribution is 2.41. The highest BCUT2D eigenvalue weighted by molar-refractivity contribution is 5.70. The van der Waals surface area contributed by atoms with Crippen LogP contribution in [0.25, 0.3) is 0 Å². The summed E-state index contributed by atoms with van der Waals surface area (Å²) < 4.78 is 16.4. The molecule has 1 aliphatic rings. The topological polar surface area (TPSA) is 68.2 Å². The van der Waals surface area contributed by atoms with Gasteiger partial charge in [-0.1, -0.05) is 13.8 Å². The van der Waals surface area contributed by atoms with Crippen molar-refractivity contribution < 1.29 is 24.1 Å². The van der Waals surface area contributed by atoms with Gasteiger partial charge >= 0.3 is 6.09 Å².